The molecule has 1 atom stereocenters. The third kappa shape index (κ3) is 7.17. The summed E-state index contributed by atoms with van der Waals surface area (Å²) in [4.78, 5) is 0.448. The Morgan fingerprint density at radius 1 is 0.733 bits per heavy atom. The second-order valence-corrected chi connectivity index (χ2v) is 11.2. The molecule has 7 nitrogen and oxygen atoms in total. The summed E-state index contributed by atoms with van der Waals surface area (Å²) in [6.45, 7) is 8.62. The van der Waals surface area contributed by atoms with Crippen LogP contribution >= 0.6 is 0 Å². The van der Waals surface area contributed by atoms with Crippen LogP contribution in [0.15, 0.2) is 58.3 Å². The molecule has 0 aromatic heterocycles. The van der Waals surface area contributed by atoms with Gasteiger partial charge in [-0.25, -0.2) is 26.3 Å². The Hall–Kier alpha value is -1.78. The van der Waals surface area contributed by atoms with Crippen molar-refractivity contribution in [2.75, 3.05) is 19.6 Å². The molecule has 0 amide bonds. The van der Waals surface area contributed by atoms with Crippen LogP contribution in [0.25, 0.3) is 0 Å². The number of aryl methyl sites for hydroxylation is 2. The van der Waals surface area contributed by atoms with E-state index in [0.717, 1.165) is 11.1 Å². The highest BCUT2D eigenvalue weighted by Crippen LogP contribution is 2.13. The number of hydrogen-bond donors (Lipinski definition) is 3. The molecule has 0 radical (unpaired) electrons. The summed E-state index contributed by atoms with van der Waals surface area (Å²) in [5.74, 6) is 0.0574. The van der Waals surface area contributed by atoms with Gasteiger partial charge in [0.05, 0.1) is 9.79 Å². The Morgan fingerprint density at radius 2 is 1.20 bits per heavy atom. The molecule has 2 aromatic carbocycles. The summed E-state index contributed by atoms with van der Waals surface area (Å²) in [7, 11) is -7.19. The lowest BCUT2D eigenvalue weighted by atomic mass is 10.1. The third-order valence-corrected chi connectivity index (χ3v) is 7.71. The normalized spacial score (nSPS) is 13.5. The van der Waals surface area contributed by atoms with Gasteiger partial charge in [0.25, 0.3) is 0 Å². The van der Waals surface area contributed by atoms with Crippen molar-refractivity contribution >= 4 is 20.0 Å². The molecule has 0 saturated carbocycles. The maximum Gasteiger partial charge on any atom is 0.240 e. The molecule has 0 aliphatic heterocycles. The molecular weight excluding hydrogens is 422 g/mol. The highest BCUT2D eigenvalue weighted by atomic mass is 32.2. The van der Waals surface area contributed by atoms with Gasteiger partial charge in [-0.2, -0.15) is 0 Å². The van der Waals surface area contributed by atoms with Gasteiger partial charge in [0.15, 0.2) is 0 Å². The van der Waals surface area contributed by atoms with E-state index < -0.39 is 20.0 Å². The van der Waals surface area contributed by atoms with Crippen LogP contribution in [-0.2, 0) is 20.0 Å². The van der Waals surface area contributed by atoms with Crippen molar-refractivity contribution in [2.24, 2.45) is 5.92 Å². The quantitative estimate of drug-likeness (QED) is 0.453. The van der Waals surface area contributed by atoms with E-state index in [1.54, 1.807) is 48.5 Å². The smallest absolute Gasteiger partial charge is 0.240 e. The zero-order valence-electron chi connectivity index (χ0n) is 17.8. The summed E-state index contributed by atoms with van der Waals surface area (Å²) < 4.78 is 55.1. The lowest BCUT2D eigenvalue weighted by molar-refractivity contribution is 0.423. The molecule has 3 N–H and O–H groups in total. The van der Waals surface area contributed by atoms with Gasteiger partial charge in [-0.05, 0) is 44.0 Å². The van der Waals surface area contributed by atoms with Crippen LogP contribution in [0.5, 0.6) is 0 Å². The number of benzene rings is 2. The van der Waals surface area contributed by atoms with Crippen LogP contribution in [0.4, 0.5) is 0 Å². The van der Waals surface area contributed by atoms with Gasteiger partial charge in [0.1, 0.15) is 0 Å². The Kier molecular flexibility index (Phi) is 8.57. The zero-order valence-corrected chi connectivity index (χ0v) is 19.5. The second-order valence-electron chi connectivity index (χ2n) is 7.70. The van der Waals surface area contributed by atoms with Crippen molar-refractivity contribution in [3.8, 4) is 0 Å². The molecule has 0 bridgehead atoms. The van der Waals surface area contributed by atoms with Crippen molar-refractivity contribution in [1.82, 2.24) is 14.8 Å². The molecule has 2 rings (SSSR count). The predicted molar refractivity (Wildman–Crippen MR) is 119 cm³/mol. The van der Waals surface area contributed by atoms with Gasteiger partial charge in [0.2, 0.25) is 20.0 Å². The zero-order chi connectivity index (χ0) is 22.4. The molecular formula is C21H31N3O4S2. The molecule has 0 aliphatic carbocycles. The highest BCUT2D eigenvalue weighted by Gasteiger charge is 2.22. The lowest BCUT2D eigenvalue weighted by Crippen LogP contribution is -2.46. The molecule has 0 heterocycles. The van der Waals surface area contributed by atoms with E-state index in [-0.39, 0.29) is 28.3 Å². The molecule has 9 heteroatoms. The summed E-state index contributed by atoms with van der Waals surface area (Å²) in [5.41, 5.74) is 1.98. The standard InChI is InChI=1S/C21H31N3O4S2/c1-16(2)21(24-30(27,28)20-11-7-18(4)8-12-20)15-22-13-14-23-29(25,26)19-9-5-17(3)6-10-19/h5-12,16,21-24H,13-15H2,1-4H3/t21-/m1/s1. The summed E-state index contributed by atoms with van der Waals surface area (Å²) >= 11 is 0. The maximum absolute atomic E-state index is 12.6. The van der Waals surface area contributed by atoms with Gasteiger partial charge < -0.3 is 5.32 Å². The first-order chi connectivity index (χ1) is 14.0. The minimum Gasteiger partial charge on any atom is -0.314 e. The number of rotatable bonds is 11. The summed E-state index contributed by atoms with van der Waals surface area (Å²) in [6, 6.07) is 13.0. The fourth-order valence-corrected chi connectivity index (χ4v) is 5.15. The first-order valence-corrected chi connectivity index (χ1v) is 12.8. The minimum absolute atomic E-state index is 0.0574. The van der Waals surface area contributed by atoms with Crippen LogP contribution in [0, 0.1) is 19.8 Å². The van der Waals surface area contributed by atoms with Gasteiger partial charge in [-0.15, -0.1) is 0 Å². The van der Waals surface area contributed by atoms with E-state index in [4.69, 9.17) is 0 Å². The summed E-state index contributed by atoms with van der Waals surface area (Å²) in [6.07, 6.45) is 0. The van der Waals surface area contributed by atoms with E-state index in [2.05, 4.69) is 14.8 Å². The van der Waals surface area contributed by atoms with Gasteiger partial charge in [-0.1, -0.05) is 49.2 Å². The van der Waals surface area contributed by atoms with Crippen LogP contribution < -0.4 is 14.8 Å². The van der Waals surface area contributed by atoms with E-state index in [1.165, 1.54) is 0 Å². The lowest BCUT2D eigenvalue weighted by Gasteiger charge is -2.23. The predicted octanol–water partition coefficient (Wildman–Crippen LogP) is 2.17. The molecule has 0 unspecified atom stereocenters. The van der Waals surface area contributed by atoms with E-state index >= 15 is 0 Å². The van der Waals surface area contributed by atoms with Crippen LogP contribution in [0.2, 0.25) is 0 Å². The van der Waals surface area contributed by atoms with Crippen molar-refractivity contribution in [2.45, 2.75) is 43.5 Å². The minimum atomic E-state index is -3.63. The fourth-order valence-electron chi connectivity index (χ4n) is 2.73. The van der Waals surface area contributed by atoms with Crippen molar-refractivity contribution < 1.29 is 16.8 Å². The molecule has 166 valence electrons. The Morgan fingerprint density at radius 3 is 1.67 bits per heavy atom. The summed E-state index contributed by atoms with van der Waals surface area (Å²) in [5, 5.41) is 3.13. The number of nitrogens with one attached hydrogen (secondary N) is 3. The van der Waals surface area contributed by atoms with E-state index in [1.807, 2.05) is 27.7 Å². The highest BCUT2D eigenvalue weighted by molar-refractivity contribution is 7.89. The SMILES string of the molecule is Cc1ccc(S(=O)(=O)NCCNC[C@@H](NS(=O)(=O)c2ccc(C)cc2)C(C)C)cc1. The van der Waals surface area contributed by atoms with Crippen LogP contribution in [-0.4, -0.2) is 42.5 Å². The number of hydrogen-bond acceptors (Lipinski definition) is 5. The molecule has 30 heavy (non-hydrogen) atoms. The first-order valence-electron chi connectivity index (χ1n) is 9.87. The van der Waals surface area contributed by atoms with Crippen LogP contribution in [0.3, 0.4) is 0 Å². The average Bonchev–Trinajstić information content (AvgIpc) is 2.67. The molecule has 0 saturated heterocycles. The van der Waals surface area contributed by atoms with E-state index in [9.17, 15) is 16.8 Å². The Balaban J connectivity index is 1.86. The average molecular weight is 454 g/mol. The maximum atomic E-state index is 12.6. The van der Waals surface area contributed by atoms with Crippen molar-refractivity contribution in [1.29, 1.82) is 0 Å². The molecule has 0 fully saturated rings. The largest absolute Gasteiger partial charge is 0.314 e. The van der Waals surface area contributed by atoms with Gasteiger partial charge >= 0.3 is 0 Å². The van der Waals surface area contributed by atoms with Crippen molar-refractivity contribution in [3.63, 3.8) is 0 Å². The second kappa shape index (κ2) is 10.5. The molecule has 0 spiro atoms. The molecule has 0 aliphatic rings. The van der Waals surface area contributed by atoms with Crippen LogP contribution in [0.1, 0.15) is 25.0 Å². The Bertz CT molecular complexity index is 1020. The van der Waals surface area contributed by atoms with Crippen molar-refractivity contribution in [3.05, 3.63) is 59.7 Å². The topological polar surface area (TPSA) is 104 Å². The number of sulfonamides is 2. The Labute approximate surface area is 180 Å². The van der Waals surface area contributed by atoms with Gasteiger partial charge in [-0.3, -0.25) is 0 Å². The third-order valence-electron chi connectivity index (χ3n) is 4.73. The van der Waals surface area contributed by atoms with Gasteiger partial charge in [0, 0.05) is 25.7 Å². The monoisotopic (exact) mass is 453 g/mol. The molecule has 2 aromatic rings. The van der Waals surface area contributed by atoms with E-state index in [0.29, 0.717) is 13.1 Å². The fraction of sp³-hybridized carbons (Fsp3) is 0.429. The first kappa shape index (κ1) is 24.5.